The third-order valence-corrected chi connectivity index (χ3v) is 2.94. The van der Waals surface area contributed by atoms with Crippen molar-refractivity contribution in [3.8, 4) is 0 Å². The molecule has 1 aliphatic rings. The van der Waals surface area contributed by atoms with Gasteiger partial charge in [-0.25, -0.2) is 4.79 Å². The van der Waals surface area contributed by atoms with Crippen LogP contribution in [0.3, 0.4) is 0 Å². The van der Waals surface area contributed by atoms with Gasteiger partial charge in [-0.2, -0.15) is 0 Å². The first-order valence-electron chi connectivity index (χ1n) is 6.60. The number of carboxylic acids is 1. The van der Waals surface area contributed by atoms with Gasteiger partial charge in [-0.15, -0.1) is 0 Å². The fourth-order valence-electron chi connectivity index (χ4n) is 1.98. The summed E-state index contributed by atoms with van der Waals surface area (Å²) >= 11 is 0. The minimum Gasteiger partial charge on any atom is -0.480 e. The number of ether oxygens (including phenoxy) is 1. The van der Waals surface area contributed by atoms with Gasteiger partial charge in [0.2, 0.25) is 5.91 Å². The number of carbonyl (C=O) groups is 3. The van der Waals surface area contributed by atoms with E-state index < -0.39 is 29.6 Å². The summed E-state index contributed by atoms with van der Waals surface area (Å²) in [5, 5.41) is 11.9. The second-order valence-electron chi connectivity index (χ2n) is 5.84. The highest BCUT2D eigenvalue weighted by Crippen LogP contribution is 2.13. The number of rotatable bonds is 4. The SMILES string of the molecule is C[C@@H](C(=O)O)N1CCN[C@@H](CC(=O)OC(C)(C)C)C1=O. The topological polar surface area (TPSA) is 95.9 Å². The van der Waals surface area contributed by atoms with Crippen molar-refractivity contribution in [1.29, 1.82) is 0 Å². The van der Waals surface area contributed by atoms with Crippen molar-refractivity contribution in [2.24, 2.45) is 0 Å². The van der Waals surface area contributed by atoms with Crippen LogP contribution >= 0.6 is 0 Å². The number of piperazine rings is 1. The number of nitrogens with zero attached hydrogens (tertiary/aromatic N) is 1. The maximum Gasteiger partial charge on any atom is 0.326 e. The molecule has 0 bridgehead atoms. The number of carboxylic acid groups (broad SMARTS) is 1. The molecule has 0 radical (unpaired) electrons. The summed E-state index contributed by atoms with van der Waals surface area (Å²) < 4.78 is 5.17. The van der Waals surface area contributed by atoms with Gasteiger partial charge in [-0.05, 0) is 27.7 Å². The summed E-state index contributed by atoms with van der Waals surface area (Å²) in [6.07, 6.45) is -0.0983. The highest BCUT2D eigenvalue weighted by molar-refractivity contribution is 5.90. The lowest BCUT2D eigenvalue weighted by Crippen LogP contribution is -2.59. The number of nitrogens with one attached hydrogen (secondary N) is 1. The molecule has 1 fully saturated rings. The molecular weight excluding hydrogens is 264 g/mol. The third-order valence-electron chi connectivity index (χ3n) is 2.94. The van der Waals surface area contributed by atoms with Crippen LogP contribution in [0.25, 0.3) is 0 Å². The fourth-order valence-corrected chi connectivity index (χ4v) is 1.98. The van der Waals surface area contributed by atoms with Crippen LogP contribution in [0.4, 0.5) is 0 Å². The minimum absolute atomic E-state index is 0.0983. The molecule has 2 N–H and O–H groups in total. The molecule has 7 heteroatoms. The van der Waals surface area contributed by atoms with E-state index >= 15 is 0 Å². The van der Waals surface area contributed by atoms with Crippen LogP contribution in [0, 0.1) is 0 Å². The Morgan fingerprint density at radius 1 is 1.50 bits per heavy atom. The summed E-state index contributed by atoms with van der Waals surface area (Å²) in [4.78, 5) is 36.1. The van der Waals surface area contributed by atoms with Crippen molar-refractivity contribution in [1.82, 2.24) is 10.2 Å². The van der Waals surface area contributed by atoms with E-state index in [-0.39, 0.29) is 12.3 Å². The average molecular weight is 286 g/mol. The summed E-state index contributed by atoms with van der Waals surface area (Å²) in [6.45, 7) is 7.48. The van der Waals surface area contributed by atoms with Gasteiger partial charge in [-0.1, -0.05) is 0 Å². The summed E-state index contributed by atoms with van der Waals surface area (Å²) in [5.41, 5.74) is -0.608. The lowest BCUT2D eigenvalue weighted by Gasteiger charge is -2.35. The smallest absolute Gasteiger partial charge is 0.326 e. The number of esters is 1. The van der Waals surface area contributed by atoms with Crippen LogP contribution in [0.15, 0.2) is 0 Å². The molecule has 1 aliphatic heterocycles. The average Bonchev–Trinajstić information content (AvgIpc) is 2.28. The predicted octanol–water partition coefficient (Wildman–Crippen LogP) is -0.00830. The van der Waals surface area contributed by atoms with Crippen LogP contribution in [0.5, 0.6) is 0 Å². The van der Waals surface area contributed by atoms with Crippen LogP contribution in [-0.4, -0.2) is 58.6 Å². The number of carbonyl (C=O) groups excluding carboxylic acids is 2. The number of hydrogen-bond donors (Lipinski definition) is 2. The molecule has 1 rings (SSSR count). The summed E-state index contributed by atoms with van der Waals surface area (Å²) in [5.74, 6) is -1.92. The predicted molar refractivity (Wildman–Crippen MR) is 71.1 cm³/mol. The quantitative estimate of drug-likeness (QED) is 0.706. The van der Waals surface area contributed by atoms with Crippen LogP contribution in [0.2, 0.25) is 0 Å². The second kappa shape index (κ2) is 6.21. The Bertz CT molecular complexity index is 402. The van der Waals surface area contributed by atoms with Crippen molar-refractivity contribution >= 4 is 17.8 Å². The zero-order chi connectivity index (χ0) is 15.5. The zero-order valence-electron chi connectivity index (χ0n) is 12.3. The highest BCUT2D eigenvalue weighted by Gasteiger charge is 2.35. The lowest BCUT2D eigenvalue weighted by atomic mass is 10.1. The first-order chi connectivity index (χ1) is 9.11. The highest BCUT2D eigenvalue weighted by atomic mass is 16.6. The molecule has 0 aromatic heterocycles. The van der Waals surface area contributed by atoms with Gasteiger partial charge in [0.15, 0.2) is 0 Å². The van der Waals surface area contributed by atoms with Gasteiger partial charge < -0.3 is 20.1 Å². The maximum absolute atomic E-state index is 12.2. The van der Waals surface area contributed by atoms with Gasteiger partial charge in [0.25, 0.3) is 0 Å². The van der Waals surface area contributed by atoms with Crippen molar-refractivity contribution in [3.63, 3.8) is 0 Å². The number of hydrogen-bond acceptors (Lipinski definition) is 5. The molecule has 1 amide bonds. The Kier molecular flexibility index (Phi) is 5.10. The Morgan fingerprint density at radius 2 is 2.10 bits per heavy atom. The lowest BCUT2D eigenvalue weighted by molar-refractivity contribution is -0.159. The first-order valence-corrected chi connectivity index (χ1v) is 6.60. The largest absolute Gasteiger partial charge is 0.480 e. The number of aliphatic carboxylic acids is 1. The van der Waals surface area contributed by atoms with Gasteiger partial charge in [-0.3, -0.25) is 9.59 Å². The molecule has 1 heterocycles. The van der Waals surface area contributed by atoms with E-state index in [1.165, 1.54) is 11.8 Å². The molecular formula is C13H22N2O5. The van der Waals surface area contributed by atoms with Gasteiger partial charge in [0.1, 0.15) is 11.6 Å². The van der Waals surface area contributed by atoms with Crippen molar-refractivity contribution in [2.45, 2.75) is 51.8 Å². The zero-order valence-corrected chi connectivity index (χ0v) is 12.3. The Hall–Kier alpha value is -1.63. The Balaban J connectivity index is 2.65. The molecule has 0 unspecified atom stereocenters. The van der Waals surface area contributed by atoms with Crippen LogP contribution < -0.4 is 5.32 Å². The van der Waals surface area contributed by atoms with Crippen LogP contribution in [0.1, 0.15) is 34.1 Å². The fraction of sp³-hybridized carbons (Fsp3) is 0.769. The van der Waals surface area contributed by atoms with Crippen molar-refractivity contribution < 1.29 is 24.2 Å². The van der Waals surface area contributed by atoms with Gasteiger partial charge in [0, 0.05) is 13.1 Å². The van der Waals surface area contributed by atoms with Gasteiger partial charge in [0.05, 0.1) is 12.5 Å². The van der Waals surface area contributed by atoms with E-state index in [9.17, 15) is 14.4 Å². The summed E-state index contributed by atoms with van der Waals surface area (Å²) in [6, 6.07) is -1.62. The van der Waals surface area contributed by atoms with Crippen molar-refractivity contribution in [3.05, 3.63) is 0 Å². The van der Waals surface area contributed by atoms with E-state index in [4.69, 9.17) is 9.84 Å². The van der Waals surface area contributed by atoms with E-state index in [1.54, 1.807) is 20.8 Å². The molecule has 7 nitrogen and oxygen atoms in total. The van der Waals surface area contributed by atoms with Crippen LogP contribution in [-0.2, 0) is 19.1 Å². The van der Waals surface area contributed by atoms with E-state index in [2.05, 4.69) is 5.32 Å². The molecule has 0 aliphatic carbocycles. The molecule has 0 saturated carbocycles. The number of amides is 1. The second-order valence-corrected chi connectivity index (χ2v) is 5.84. The maximum atomic E-state index is 12.2. The Labute approximate surface area is 118 Å². The monoisotopic (exact) mass is 286 g/mol. The van der Waals surface area contributed by atoms with E-state index in [1.807, 2.05) is 0 Å². The summed E-state index contributed by atoms with van der Waals surface area (Å²) in [7, 11) is 0. The van der Waals surface area contributed by atoms with Gasteiger partial charge >= 0.3 is 11.9 Å². The normalized spacial score (nSPS) is 21.5. The molecule has 0 aromatic rings. The van der Waals surface area contributed by atoms with E-state index in [0.29, 0.717) is 13.1 Å². The molecule has 0 spiro atoms. The van der Waals surface area contributed by atoms with Crippen molar-refractivity contribution in [2.75, 3.05) is 13.1 Å². The standard InChI is InChI=1S/C13H22N2O5/c1-8(12(18)19)15-6-5-14-9(11(15)17)7-10(16)20-13(2,3)4/h8-9,14H,5-7H2,1-4H3,(H,18,19)/t8-,9-/m0/s1. The van der Waals surface area contributed by atoms with E-state index in [0.717, 1.165) is 0 Å². The third kappa shape index (κ3) is 4.48. The molecule has 20 heavy (non-hydrogen) atoms. The minimum atomic E-state index is -1.06. The molecule has 2 atom stereocenters. The Morgan fingerprint density at radius 3 is 2.60 bits per heavy atom. The molecule has 1 saturated heterocycles. The first kappa shape index (κ1) is 16.4. The molecule has 0 aromatic carbocycles. The molecule has 114 valence electrons.